The summed E-state index contributed by atoms with van der Waals surface area (Å²) < 4.78 is 4.83. The van der Waals surface area contributed by atoms with E-state index in [1.165, 1.54) is 0 Å². The molecule has 17 heavy (non-hydrogen) atoms. The third kappa shape index (κ3) is 2.82. The standard InChI is InChI=1S/C11H18N4O2/c1-8-13-10(14-17-8)11(16)15-5-3-4-9(7-15)6-12-2/h9,12H,3-7H2,1-2H3. The fraction of sp³-hybridized carbons (Fsp3) is 0.727. The number of piperidine rings is 1. The van der Waals surface area contributed by atoms with Gasteiger partial charge < -0.3 is 14.7 Å². The number of nitrogens with zero attached hydrogens (tertiary/aromatic N) is 3. The zero-order valence-electron chi connectivity index (χ0n) is 10.3. The molecular weight excluding hydrogens is 220 g/mol. The predicted molar refractivity (Wildman–Crippen MR) is 61.6 cm³/mol. The van der Waals surface area contributed by atoms with Gasteiger partial charge in [-0.2, -0.15) is 4.98 Å². The summed E-state index contributed by atoms with van der Waals surface area (Å²) in [5, 5.41) is 6.82. The summed E-state index contributed by atoms with van der Waals surface area (Å²) in [6.07, 6.45) is 2.20. The van der Waals surface area contributed by atoms with Crippen LogP contribution in [0.25, 0.3) is 0 Å². The van der Waals surface area contributed by atoms with E-state index in [9.17, 15) is 4.79 Å². The third-order valence-electron chi connectivity index (χ3n) is 3.02. The number of likely N-dealkylation sites (tertiary alicyclic amines) is 1. The number of carbonyl (C=O) groups is 1. The molecule has 0 spiro atoms. The van der Waals surface area contributed by atoms with Crippen molar-refractivity contribution in [1.82, 2.24) is 20.4 Å². The number of aromatic nitrogens is 2. The second kappa shape index (κ2) is 5.27. The van der Waals surface area contributed by atoms with Crippen LogP contribution < -0.4 is 5.32 Å². The van der Waals surface area contributed by atoms with E-state index in [2.05, 4.69) is 15.5 Å². The Morgan fingerprint density at radius 1 is 1.65 bits per heavy atom. The molecule has 1 fully saturated rings. The number of nitrogens with one attached hydrogen (secondary N) is 1. The van der Waals surface area contributed by atoms with Gasteiger partial charge >= 0.3 is 0 Å². The molecule has 1 aliphatic rings. The number of carbonyl (C=O) groups excluding carboxylic acids is 1. The second-order valence-electron chi connectivity index (χ2n) is 4.45. The zero-order chi connectivity index (χ0) is 12.3. The van der Waals surface area contributed by atoms with E-state index in [-0.39, 0.29) is 11.7 Å². The Kier molecular flexibility index (Phi) is 3.73. The number of hydrogen-bond donors (Lipinski definition) is 1. The molecule has 1 unspecified atom stereocenters. The highest BCUT2D eigenvalue weighted by Crippen LogP contribution is 2.17. The molecule has 1 N–H and O–H groups in total. The summed E-state index contributed by atoms with van der Waals surface area (Å²) in [7, 11) is 1.93. The maximum Gasteiger partial charge on any atom is 0.295 e. The number of hydrogen-bond acceptors (Lipinski definition) is 5. The van der Waals surface area contributed by atoms with Crippen molar-refractivity contribution in [3.05, 3.63) is 11.7 Å². The van der Waals surface area contributed by atoms with Gasteiger partial charge in [0.15, 0.2) is 0 Å². The molecule has 0 aliphatic carbocycles. The maximum atomic E-state index is 12.1. The molecule has 1 saturated heterocycles. The molecule has 1 atom stereocenters. The van der Waals surface area contributed by atoms with Gasteiger partial charge in [0.2, 0.25) is 5.89 Å². The van der Waals surface area contributed by atoms with Crippen LogP contribution >= 0.6 is 0 Å². The average Bonchev–Trinajstić information content (AvgIpc) is 2.76. The van der Waals surface area contributed by atoms with Crippen LogP contribution in [-0.4, -0.2) is 47.6 Å². The topological polar surface area (TPSA) is 71.3 Å². The molecule has 1 aromatic heterocycles. The highest BCUT2D eigenvalue weighted by Gasteiger charge is 2.26. The van der Waals surface area contributed by atoms with Gasteiger partial charge in [-0.25, -0.2) is 0 Å². The fourth-order valence-corrected chi connectivity index (χ4v) is 2.23. The lowest BCUT2D eigenvalue weighted by atomic mass is 9.98. The van der Waals surface area contributed by atoms with Gasteiger partial charge in [-0.1, -0.05) is 5.16 Å². The van der Waals surface area contributed by atoms with Crippen LogP contribution in [-0.2, 0) is 0 Å². The SMILES string of the molecule is CNCC1CCCN(C(=O)c2noc(C)n2)C1. The molecule has 0 bridgehead atoms. The van der Waals surface area contributed by atoms with Crippen LogP contribution in [0.1, 0.15) is 29.4 Å². The van der Waals surface area contributed by atoms with Gasteiger partial charge in [0, 0.05) is 20.0 Å². The van der Waals surface area contributed by atoms with E-state index < -0.39 is 0 Å². The summed E-state index contributed by atoms with van der Waals surface area (Å²) in [6.45, 7) is 4.18. The normalized spacial score (nSPS) is 20.6. The minimum atomic E-state index is -0.123. The van der Waals surface area contributed by atoms with Crippen LogP contribution in [0.3, 0.4) is 0 Å². The molecule has 2 heterocycles. The molecule has 2 rings (SSSR count). The Bertz CT molecular complexity index is 389. The van der Waals surface area contributed by atoms with Gasteiger partial charge in [0.25, 0.3) is 11.7 Å². The quantitative estimate of drug-likeness (QED) is 0.827. The van der Waals surface area contributed by atoms with E-state index in [1.54, 1.807) is 6.92 Å². The molecule has 1 amide bonds. The van der Waals surface area contributed by atoms with Crippen molar-refractivity contribution in [3.8, 4) is 0 Å². The van der Waals surface area contributed by atoms with Crippen LogP contribution in [0, 0.1) is 12.8 Å². The maximum absolute atomic E-state index is 12.1. The summed E-state index contributed by atoms with van der Waals surface area (Å²) in [5.74, 6) is 0.998. The van der Waals surface area contributed by atoms with Crippen molar-refractivity contribution in [3.63, 3.8) is 0 Å². The predicted octanol–water partition coefficient (Wildman–Crippen LogP) is 0.450. The fourth-order valence-electron chi connectivity index (χ4n) is 2.23. The average molecular weight is 238 g/mol. The number of aryl methyl sites for hydroxylation is 1. The molecule has 6 nitrogen and oxygen atoms in total. The highest BCUT2D eigenvalue weighted by molar-refractivity contribution is 5.90. The van der Waals surface area contributed by atoms with Crippen LogP contribution in [0.2, 0.25) is 0 Å². The van der Waals surface area contributed by atoms with Gasteiger partial charge in [0.05, 0.1) is 0 Å². The second-order valence-corrected chi connectivity index (χ2v) is 4.45. The van der Waals surface area contributed by atoms with E-state index in [0.717, 1.165) is 32.5 Å². The Hall–Kier alpha value is -1.43. The largest absolute Gasteiger partial charge is 0.339 e. The number of rotatable bonds is 3. The van der Waals surface area contributed by atoms with E-state index >= 15 is 0 Å². The first-order valence-corrected chi connectivity index (χ1v) is 5.95. The smallest absolute Gasteiger partial charge is 0.295 e. The minimum absolute atomic E-state index is 0.123. The molecule has 0 aromatic carbocycles. The van der Waals surface area contributed by atoms with Crippen molar-refractivity contribution in [2.45, 2.75) is 19.8 Å². The Morgan fingerprint density at radius 2 is 2.47 bits per heavy atom. The first kappa shape index (κ1) is 12.0. The molecule has 0 saturated carbocycles. The molecule has 94 valence electrons. The van der Waals surface area contributed by atoms with Gasteiger partial charge in [-0.3, -0.25) is 4.79 Å². The Labute approximate surface area is 100 Å². The summed E-state index contributed by atoms with van der Waals surface area (Å²) >= 11 is 0. The lowest BCUT2D eigenvalue weighted by molar-refractivity contribution is 0.0658. The van der Waals surface area contributed by atoms with Crippen molar-refractivity contribution < 1.29 is 9.32 Å². The lowest BCUT2D eigenvalue weighted by Gasteiger charge is -2.31. The first-order valence-electron chi connectivity index (χ1n) is 5.95. The van der Waals surface area contributed by atoms with Crippen molar-refractivity contribution in [1.29, 1.82) is 0 Å². The zero-order valence-corrected chi connectivity index (χ0v) is 10.3. The first-order chi connectivity index (χ1) is 8.20. The number of amides is 1. The van der Waals surface area contributed by atoms with Crippen molar-refractivity contribution in [2.24, 2.45) is 5.92 Å². The van der Waals surface area contributed by atoms with E-state index in [4.69, 9.17) is 4.52 Å². The van der Waals surface area contributed by atoms with Gasteiger partial charge in [-0.05, 0) is 32.4 Å². The summed E-state index contributed by atoms with van der Waals surface area (Å²) in [5.41, 5.74) is 0. The van der Waals surface area contributed by atoms with Gasteiger partial charge in [0.1, 0.15) is 0 Å². The lowest BCUT2D eigenvalue weighted by Crippen LogP contribution is -2.42. The molecular formula is C11H18N4O2. The molecule has 6 heteroatoms. The van der Waals surface area contributed by atoms with Crippen LogP contribution in [0.15, 0.2) is 4.52 Å². The summed E-state index contributed by atoms with van der Waals surface area (Å²) in [6, 6.07) is 0. The van der Waals surface area contributed by atoms with E-state index in [0.29, 0.717) is 11.8 Å². The summed E-state index contributed by atoms with van der Waals surface area (Å²) in [4.78, 5) is 17.9. The Balaban J connectivity index is 1.99. The molecule has 1 aromatic rings. The van der Waals surface area contributed by atoms with Crippen LogP contribution in [0.4, 0.5) is 0 Å². The van der Waals surface area contributed by atoms with Crippen molar-refractivity contribution >= 4 is 5.91 Å². The van der Waals surface area contributed by atoms with E-state index in [1.807, 2.05) is 11.9 Å². The molecule has 0 radical (unpaired) electrons. The van der Waals surface area contributed by atoms with Crippen molar-refractivity contribution in [2.75, 3.05) is 26.7 Å². The van der Waals surface area contributed by atoms with Crippen LogP contribution in [0.5, 0.6) is 0 Å². The highest BCUT2D eigenvalue weighted by atomic mass is 16.5. The minimum Gasteiger partial charge on any atom is -0.339 e. The molecule has 1 aliphatic heterocycles. The van der Waals surface area contributed by atoms with Gasteiger partial charge in [-0.15, -0.1) is 0 Å². The Morgan fingerprint density at radius 3 is 3.12 bits per heavy atom. The third-order valence-corrected chi connectivity index (χ3v) is 3.02. The monoisotopic (exact) mass is 238 g/mol.